The maximum absolute atomic E-state index is 15.6. The lowest BCUT2D eigenvalue weighted by Crippen LogP contribution is -2.49. The number of benzene rings is 8. The van der Waals surface area contributed by atoms with Crippen LogP contribution >= 0.6 is 23.5 Å². The van der Waals surface area contributed by atoms with E-state index in [0.29, 0.717) is 33.0 Å². The number of hydrogen-bond donors (Lipinski definition) is 0. The summed E-state index contributed by atoms with van der Waals surface area (Å²) in [5.41, 5.74) is -16.6. The van der Waals surface area contributed by atoms with Crippen LogP contribution in [-0.4, -0.2) is 119 Å². The molecular weight excluding hydrogens is 1420 g/mol. The molecule has 556 valence electrons. The first-order chi connectivity index (χ1) is 63.5. The number of ether oxygens (including phenoxy) is 2. The fourth-order valence-electron chi connectivity index (χ4n) is 11.5. The van der Waals surface area contributed by atoms with E-state index in [4.69, 9.17) is 44.5 Å². The first kappa shape index (κ1) is 46.2. The van der Waals surface area contributed by atoms with Gasteiger partial charge in [-0.05, 0) is 133 Å². The van der Waals surface area contributed by atoms with E-state index in [1.807, 2.05) is 0 Å². The molecule has 1 unspecified atom stereocenters. The van der Waals surface area contributed by atoms with Gasteiger partial charge in [0.15, 0.2) is 34.1 Å². The Balaban J connectivity index is 0.000000272. The Kier molecular flexibility index (Phi) is 15.3. The zero-order valence-corrected chi connectivity index (χ0v) is 57.2. The average Bonchev–Trinajstić information content (AvgIpc) is 0.720. The van der Waals surface area contributed by atoms with Gasteiger partial charge in [-0.3, -0.25) is 19.2 Å². The normalized spacial score (nSPS) is 20.0. The van der Waals surface area contributed by atoms with E-state index < -0.39 is 319 Å². The quantitative estimate of drug-likeness (QED) is 0.0428. The van der Waals surface area contributed by atoms with E-state index in [2.05, 4.69) is 4.74 Å². The Labute approximate surface area is 661 Å². The molecule has 2 aliphatic rings. The van der Waals surface area contributed by atoms with E-state index in [-0.39, 0.29) is 64.1 Å². The van der Waals surface area contributed by atoms with Gasteiger partial charge in [0.05, 0.1) is 84.3 Å². The number of carbonyl (C=O) groups is 2. The summed E-state index contributed by atoms with van der Waals surface area (Å²) >= 11 is 0.00326. The number of alkyl halides is 6. The van der Waals surface area contributed by atoms with Crippen molar-refractivity contribution in [2.24, 2.45) is 0 Å². The van der Waals surface area contributed by atoms with Gasteiger partial charge in [-0.2, -0.15) is 26.3 Å². The van der Waals surface area contributed by atoms with Crippen molar-refractivity contribution in [2.45, 2.75) is 111 Å². The van der Waals surface area contributed by atoms with E-state index >= 15 is 9.18 Å². The second kappa shape index (κ2) is 35.1. The van der Waals surface area contributed by atoms with E-state index in [0.717, 1.165) is 48.2 Å². The molecule has 2 aliphatic heterocycles. The molecule has 0 saturated carbocycles. The number of nitrogens with zero attached hydrogens (tertiary/aromatic N) is 6. The van der Waals surface area contributed by atoms with Gasteiger partial charge in [0.1, 0.15) is 13.1 Å². The lowest BCUT2D eigenvalue weighted by Gasteiger charge is -2.42. The third kappa shape index (κ3) is 19.2. The van der Waals surface area contributed by atoms with Crippen molar-refractivity contribution in [3.63, 3.8) is 0 Å². The topological polar surface area (TPSA) is 110 Å². The van der Waals surface area contributed by atoms with Crippen LogP contribution in [0.3, 0.4) is 0 Å². The Hall–Kier alpha value is -9.04. The highest BCUT2D eigenvalue weighted by atomic mass is 32.2. The third-order valence-electron chi connectivity index (χ3n) is 16.8. The number of hydrogen-bond acceptors (Lipinski definition) is 10. The number of pyridine rings is 2. The second-order valence-corrected chi connectivity index (χ2v) is 25.2. The Morgan fingerprint density at radius 2 is 1.15 bits per heavy atom. The van der Waals surface area contributed by atoms with Gasteiger partial charge in [-0.25, -0.2) is 17.6 Å². The summed E-state index contributed by atoms with van der Waals surface area (Å²) in [6.07, 6.45) is -10.8. The SMILES string of the molecule is [2H]C([2H])([2H])OCC([2H])([2H])N1CCC(N(C(=O)Cn2c(SC([2H])([2H])c3cccc(F)c3F)cc(=O)c3ccccc32)C([2H])(C)c2ccc(-c3ccc(C(F)(F)F)cc3)cc2)CC1.[2H]c1c([2H])c(F)c(F)c(C([2H])([2H])Sc2c([2H])c(=O)c3c([2H])c(C)c([2H])c([2H])c3n2CC(=O)N(C2CCN(C([2H])([2H])COC([2H])([2H])[2H])CC2)C([2H])([2H])c2c([2H])c([2H])c(-c3c([2H])c([2H])c(C(F)(F)F)c([2H])c3[2H])c([2H])c2[2H])c1[2H]. The minimum absolute atomic E-state index is 0.0240. The summed E-state index contributed by atoms with van der Waals surface area (Å²) in [7, 11) is -5.90. The fourth-order valence-corrected chi connectivity index (χ4v) is 13.1. The number of fused-ring (bicyclic) bond motifs is 2. The van der Waals surface area contributed by atoms with Crippen molar-refractivity contribution in [2.75, 3.05) is 66.5 Å². The summed E-state index contributed by atoms with van der Waals surface area (Å²) in [6.45, 7) is -10.7. The molecule has 0 spiro atoms. The van der Waals surface area contributed by atoms with Crippen molar-refractivity contribution in [3.05, 3.63) is 270 Å². The van der Waals surface area contributed by atoms with Crippen LogP contribution in [-0.2, 0) is 62.4 Å². The number of amides is 2. The number of carbonyl (C=O) groups excluding carboxylic acids is 2. The van der Waals surface area contributed by atoms with Crippen LogP contribution < -0.4 is 10.9 Å². The highest BCUT2D eigenvalue weighted by Gasteiger charge is 2.35. The molecule has 10 aromatic rings. The highest BCUT2D eigenvalue weighted by molar-refractivity contribution is 7.98. The summed E-state index contributed by atoms with van der Waals surface area (Å²) in [5, 5.41) is -1.88. The summed E-state index contributed by atoms with van der Waals surface area (Å²) < 4.78 is 423. The standard InChI is InChI=1S/2C41H40F5N3O3S/c1-27(28-10-12-29(13-11-28)30-14-16-32(17-15-30)41(44,45)46)49(33-18-20-47(21-19-33)22-23-52-2)38(51)25-48-36-9-4-3-7-34(36)37(50)24-39(48)53-26-31-6-5-8-35(42)40(31)43;1-27-6-15-36-34(22-27)37(50)23-39(53-26-31-4-3-5-35(42)40(31)43)49(36)25-38(51)48(33-16-18-47(19-17-33)20-21-52-2)24-28-7-9-29(10-8-28)30-11-13-32(14-12-30)41(44,45)46/h3-17,24,27,33H,18-23,25-26H2,1-2H3;3-15,22-23,33H,16-21,24-26H2,1-2H3/i2D3,22D2,26D2,27D;2D3,3D,4D,5D,6D,7D,8D,9D,10D,11D,12D,13D,14D,15D,20D2,22D,23D,24D2,26D2. The number of piperidine rings is 2. The number of thioether (sulfide) groups is 2. The van der Waals surface area contributed by atoms with Crippen molar-refractivity contribution in [1.82, 2.24) is 28.7 Å². The van der Waals surface area contributed by atoms with E-state index in [1.165, 1.54) is 39.5 Å². The predicted octanol–water partition coefficient (Wildman–Crippen LogP) is 17.7. The highest BCUT2D eigenvalue weighted by Crippen LogP contribution is 2.37. The molecule has 24 heteroatoms. The first-order valence-corrected chi connectivity index (χ1v) is 33.6. The predicted molar refractivity (Wildman–Crippen MR) is 395 cm³/mol. The lowest BCUT2D eigenvalue weighted by molar-refractivity contribution is -0.138. The van der Waals surface area contributed by atoms with Crippen LogP contribution in [0, 0.1) is 30.2 Å². The molecule has 0 aliphatic carbocycles. The van der Waals surface area contributed by atoms with Gasteiger partial charge in [0, 0.05) is 128 Å². The molecule has 2 saturated heterocycles. The van der Waals surface area contributed by atoms with Crippen molar-refractivity contribution in [1.29, 1.82) is 0 Å². The molecule has 2 amide bonds. The van der Waals surface area contributed by atoms with Gasteiger partial charge in [0.25, 0.3) is 0 Å². The van der Waals surface area contributed by atoms with Crippen LogP contribution in [0.5, 0.6) is 0 Å². The molecule has 12 rings (SSSR count). The van der Waals surface area contributed by atoms with Gasteiger partial charge in [-0.15, -0.1) is 23.5 Å². The van der Waals surface area contributed by atoms with Crippen LogP contribution in [0.1, 0.15) is 121 Å². The maximum atomic E-state index is 15.6. The van der Waals surface area contributed by atoms with Gasteiger partial charge in [-0.1, -0.05) is 121 Å². The van der Waals surface area contributed by atoms with Crippen LogP contribution in [0.25, 0.3) is 44.1 Å². The molecule has 1 atom stereocenters. The molecule has 8 aromatic carbocycles. The van der Waals surface area contributed by atoms with Gasteiger partial charge in [0.2, 0.25) is 11.8 Å². The Morgan fingerprint density at radius 1 is 0.585 bits per heavy atom. The monoisotopic (exact) mass is 1530 g/mol. The zero-order chi connectivity index (χ0) is 103. The van der Waals surface area contributed by atoms with Crippen molar-refractivity contribution >= 4 is 57.1 Å². The van der Waals surface area contributed by atoms with Gasteiger partial charge < -0.3 is 38.2 Å². The van der Waals surface area contributed by atoms with E-state index in [1.54, 1.807) is 42.5 Å². The number of rotatable bonds is 24. The summed E-state index contributed by atoms with van der Waals surface area (Å²) in [6, 6.07) is -2.85. The zero-order valence-electron chi connectivity index (χ0n) is 87.6. The molecule has 4 heterocycles. The number of halogens is 10. The first-order valence-electron chi connectivity index (χ1n) is 48.0. The van der Waals surface area contributed by atoms with Crippen LogP contribution in [0.4, 0.5) is 43.9 Å². The summed E-state index contributed by atoms with van der Waals surface area (Å²) in [5.74, 6) is -9.24. The fraction of sp³-hybridized carbons (Fsp3) is 0.317. The molecule has 0 bridgehead atoms. The largest absolute Gasteiger partial charge is 0.416 e. The molecule has 2 fully saturated rings. The molecule has 12 nitrogen and oxygen atoms in total. The maximum Gasteiger partial charge on any atom is 0.416 e. The molecule has 0 radical (unpaired) electrons. The third-order valence-corrected chi connectivity index (χ3v) is 18.5. The van der Waals surface area contributed by atoms with E-state index in [9.17, 15) is 58.0 Å². The summed E-state index contributed by atoms with van der Waals surface area (Å²) in [4.78, 5) is 61.8. The molecule has 0 N–H and O–H groups in total. The second-order valence-electron chi connectivity index (χ2n) is 23.6. The Morgan fingerprint density at radius 3 is 1.78 bits per heavy atom. The van der Waals surface area contributed by atoms with Crippen molar-refractivity contribution in [3.8, 4) is 22.3 Å². The molecule has 106 heavy (non-hydrogen) atoms. The smallest absolute Gasteiger partial charge is 0.383 e. The number of para-hydroxylation sites is 1. The van der Waals surface area contributed by atoms with Crippen LogP contribution in [0.15, 0.2) is 207 Å². The lowest BCUT2D eigenvalue weighted by atomic mass is 9.96. The molecular formula is C82H80F10N6O6S2. The number of aromatic nitrogens is 2. The number of methoxy groups -OCH3 is 2. The Bertz CT molecular complexity index is 6480. The minimum Gasteiger partial charge on any atom is -0.383 e. The number of likely N-dealkylation sites (tertiary alicyclic amines) is 2. The van der Waals surface area contributed by atoms with Crippen molar-refractivity contribution < 1.29 is 107 Å². The molecule has 2 aromatic heterocycles. The van der Waals surface area contributed by atoms with Gasteiger partial charge >= 0.3 is 12.4 Å². The minimum atomic E-state index is -5.46. The van der Waals surface area contributed by atoms with Crippen LogP contribution in [0.2, 0.25) is 0 Å². The average molecular weight is 1530 g/mol.